The first-order chi connectivity index (χ1) is 9.56. The maximum absolute atomic E-state index is 6.51. The number of hydrogen-bond donors (Lipinski definition) is 1. The molecule has 0 bridgehead atoms. The molecule has 0 fully saturated rings. The lowest BCUT2D eigenvalue weighted by atomic mass is 9.98. The molecule has 0 radical (unpaired) electrons. The van der Waals surface area contributed by atoms with E-state index in [-0.39, 0.29) is 6.04 Å². The van der Waals surface area contributed by atoms with E-state index >= 15 is 0 Å². The zero-order valence-electron chi connectivity index (χ0n) is 11.4. The third-order valence-corrected chi connectivity index (χ3v) is 6.80. The van der Waals surface area contributed by atoms with Crippen LogP contribution in [0.25, 0.3) is 0 Å². The highest BCUT2D eigenvalue weighted by molar-refractivity contribution is 9.11. The second kappa shape index (κ2) is 5.91. The number of hydrogen-bond acceptors (Lipinski definition) is 2. The van der Waals surface area contributed by atoms with Gasteiger partial charge < -0.3 is 5.73 Å². The zero-order chi connectivity index (χ0) is 14.3. The summed E-state index contributed by atoms with van der Waals surface area (Å²) in [6.07, 6.45) is 5.09. The topological polar surface area (TPSA) is 26.0 Å². The van der Waals surface area contributed by atoms with Crippen LogP contribution in [0.3, 0.4) is 0 Å². The summed E-state index contributed by atoms with van der Waals surface area (Å²) in [6, 6.07) is 6.55. The lowest BCUT2D eigenvalue weighted by Gasteiger charge is -2.14. The molecule has 1 nitrogen and oxygen atoms in total. The Hall–Kier alpha value is -0.160. The maximum atomic E-state index is 6.51. The van der Waals surface area contributed by atoms with E-state index in [0.29, 0.717) is 0 Å². The highest BCUT2D eigenvalue weighted by Gasteiger charge is 2.20. The number of nitrogens with two attached hydrogens (primary N) is 1. The molecule has 2 aromatic rings. The van der Waals surface area contributed by atoms with Crippen molar-refractivity contribution in [2.45, 2.75) is 38.6 Å². The van der Waals surface area contributed by atoms with Crippen molar-refractivity contribution in [1.29, 1.82) is 0 Å². The predicted molar refractivity (Wildman–Crippen MR) is 93.6 cm³/mol. The molecule has 2 N–H and O–H groups in total. The Morgan fingerprint density at radius 1 is 1.10 bits per heavy atom. The molecule has 4 heteroatoms. The third kappa shape index (κ3) is 2.76. The van der Waals surface area contributed by atoms with Crippen molar-refractivity contribution in [3.63, 3.8) is 0 Å². The largest absolute Gasteiger partial charge is 0.320 e. The Labute approximate surface area is 140 Å². The smallest absolute Gasteiger partial charge is 0.0657 e. The van der Waals surface area contributed by atoms with Gasteiger partial charge in [0, 0.05) is 18.7 Å². The Bertz CT molecular complexity index is 625. The van der Waals surface area contributed by atoms with Gasteiger partial charge in [-0.25, -0.2) is 0 Å². The van der Waals surface area contributed by atoms with Gasteiger partial charge in [0.2, 0.25) is 0 Å². The molecule has 1 aromatic heterocycles. The Balaban J connectivity index is 1.98. The van der Waals surface area contributed by atoms with Crippen LogP contribution in [0.1, 0.15) is 45.3 Å². The fourth-order valence-electron chi connectivity index (χ4n) is 2.72. The Morgan fingerprint density at radius 2 is 1.85 bits per heavy atom. The second-order valence-corrected chi connectivity index (χ2v) is 8.28. The number of aryl methyl sites for hydroxylation is 3. The average molecular weight is 415 g/mol. The van der Waals surface area contributed by atoms with Crippen molar-refractivity contribution in [3.05, 3.63) is 53.6 Å². The SMILES string of the molecule is Cc1cc(Br)c(C(N)c2cc3c(s2)CCCC3)cc1Br. The molecule has 1 heterocycles. The van der Waals surface area contributed by atoms with Crippen molar-refractivity contribution >= 4 is 43.2 Å². The summed E-state index contributed by atoms with van der Waals surface area (Å²) in [5.41, 5.74) is 10.4. The van der Waals surface area contributed by atoms with Gasteiger partial charge in [0.1, 0.15) is 0 Å². The zero-order valence-corrected chi connectivity index (χ0v) is 15.4. The first-order valence-electron chi connectivity index (χ1n) is 6.89. The van der Waals surface area contributed by atoms with Crippen LogP contribution in [0.4, 0.5) is 0 Å². The molecule has 1 aliphatic rings. The molecular weight excluding hydrogens is 398 g/mol. The highest BCUT2D eigenvalue weighted by atomic mass is 79.9. The fraction of sp³-hybridized carbons (Fsp3) is 0.375. The van der Waals surface area contributed by atoms with Gasteiger partial charge in [-0.2, -0.15) is 0 Å². The number of rotatable bonds is 2. The Morgan fingerprint density at radius 3 is 2.60 bits per heavy atom. The van der Waals surface area contributed by atoms with E-state index < -0.39 is 0 Å². The summed E-state index contributed by atoms with van der Waals surface area (Å²) in [7, 11) is 0. The van der Waals surface area contributed by atoms with E-state index in [1.54, 1.807) is 4.88 Å². The minimum atomic E-state index is -0.0446. The molecule has 0 aliphatic heterocycles. The van der Waals surface area contributed by atoms with Gasteiger partial charge >= 0.3 is 0 Å². The highest BCUT2D eigenvalue weighted by Crippen LogP contribution is 2.37. The van der Waals surface area contributed by atoms with Crippen LogP contribution in [0, 0.1) is 6.92 Å². The molecule has 1 aromatic carbocycles. The van der Waals surface area contributed by atoms with E-state index in [9.17, 15) is 0 Å². The summed E-state index contributed by atoms with van der Waals surface area (Å²) in [4.78, 5) is 2.83. The van der Waals surface area contributed by atoms with Crippen molar-refractivity contribution < 1.29 is 0 Å². The molecule has 1 atom stereocenters. The molecule has 3 rings (SSSR count). The van der Waals surface area contributed by atoms with Gasteiger partial charge in [0.25, 0.3) is 0 Å². The average Bonchev–Trinajstić information content (AvgIpc) is 2.86. The molecular formula is C16H17Br2NS. The van der Waals surface area contributed by atoms with Crippen LogP contribution in [0.15, 0.2) is 27.1 Å². The van der Waals surface area contributed by atoms with Crippen molar-refractivity contribution in [3.8, 4) is 0 Å². The summed E-state index contributed by atoms with van der Waals surface area (Å²) < 4.78 is 2.21. The molecule has 0 saturated carbocycles. The van der Waals surface area contributed by atoms with E-state index in [1.807, 2.05) is 11.3 Å². The molecule has 20 heavy (non-hydrogen) atoms. The quantitative estimate of drug-likeness (QED) is 0.688. The van der Waals surface area contributed by atoms with Crippen molar-refractivity contribution in [1.82, 2.24) is 0 Å². The fourth-order valence-corrected chi connectivity index (χ4v) is 5.06. The lowest BCUT2D eigenvalue weighted by Crippen LogP contribution is -2.11. The van der Waals surface area contributed by atoms with Crippen LogP contribution in [-0.4, -0.2) is 0 Å². The number of benzene rings is 1. The lowest BCUT2D eigenvalue weighted by molar-refractivity contribution is 0.696. The van der Waals surface area contributed by atoms with Crippen LogP contribution in [0.2, 0.25) is 0 Å². The van der Waals surface area contributed by atoms with Crippen LogP contribution < -0.4 is 5.73 Å². The van der Waals surface area contributed by atoms with E-state index in [4.69, 9.17) is 5.73 Å². The first-order valence-corrected chi connectivity index (χ1v) is 9.29. The normalized spacial score (nSPS) is 16.0. The van der Waals surface area contributed by atoms with E-state index in [2.05, 4.69) is 57.0 Å². The number of fused-ring (bicyclic) bond motifs is 1. The van der Waals surface area contributed by atoms with Gasteiger partial charge in [-0.15, -0.1) is 11.3 Å². The van der Waals surface area contributed by atoms with Crippen molar-refractivity contribution in [2.75, 3.05) is 0 Å². The summed E-state index contributed by atoms with van der Waals surface area (Å²) in [6.45, 7) is 2.09. The summed E-state index contributed by atoms with van der Waals surface area (Å²) >= 11 is 9.16. The van der Waals surface area contributed by atoms with Crippen LogP contribution in [0.5, 0.6) is 0 Å². The first kappa shape index (κ1) is 14.8. The predicted octanol–water partition coefficient (Wildman–Crippen LogP) is 5.51. The van der Waals surface area contributed by atoms with Gasteiger partial charge in [-0.3, -0.25) is 0 Å². The van der Waals surface area contributed by atoms with Gasteiger partial charge in [-0.1, -0.05) is 31.9 Å². The number of halogens is 2. The second-order valence-electron chi connectivity index (χ2n) is 5.40. The Kier molecular flexibility index (Phi) is 4.37. The van der Waals surface area contributed by atoms with Crippen molar-refractivity contribution in [2.24, 2.45) is 5.73 Å². The minimum Gasteiger partial charge on any atom is -0.320 e. The van der Waals surface area contributed by atoms with E-state index in [0.717, 1.165) is 14.5 Å². The third-order valence-electron chi connectivity index (χ3n) is 3.94. The monoisotopic (exact) mass is 413 g/mol. The maximum Gasteiger partial charge on any atom is 0.0657 e. The van der Waals surface area contributed by atoms with Gasteiger partial charge in [0.05, 0.1) is 6.04 Å². The summed E-state index contributed by atoms with van der Waals surface area (Å²) in [5, 5.41) is 0. The molecule has 1 aliphatic carbocycles. The van der Waals surface area contributed by atoms with Gasteiger partial charge in [-0.05, 0) is 67.5 Å². The van der Waals surface area contributed by atoms with Crippen LogP contribution >= 0.6 is 43.2 Å². The minimum absolute atomic E-state index is 0.0446. The standard InChI is InChI=1S/C16H17Br2NS/c1-9-6-13(18)11(8-12(9)17)16(19)15-7-10-4-2-3-5-14(10)20-15/h6-8,16H,2-5,19H2,1H3. The van der Waals surface area contributed by atoms with Crippen LogP contribution in [-0.2, 0) is 12.8 Å². The summed E-state index contributed by atoms with van der Waals surface area (Å²) in [5.74, 6) is 0. The molecule has 0 spiro atoms. The number of thiophene rings is 1. The van der Waals surface area contributed by atoms with Gasteiger partial charge in [0.15, 0.2) is 0 Å². The molecule has 0 amide bonds. The molecule has 1 unspecified atom stereocenters. The van der Waals surface area contributed by atoms with E-state index in [1.165, 1.54) is 41.7 Å². The molecule has 106 valence electrons. The molecule has 0 saturated heterocycles.